The van der Waals surface area contributed by atoms with Gasteiger partial charge < -0.3 is 5.32 Å². The van der Waals surface area contributed by atoms with Gasteiger partial charge in [0.05, 0.1) is 6.54 Å². The van der Waals surface area contributed by atoms with Crippen molar-refractivity contribution in [2.45, 2.75) is 0 Å². The average Bonchev–Trinajstić information content (AvgIpc) is 2.33. The summed E-state index contributed by atoms with van der Waals surface area (Å²) in [7, 11) is 0. The first-order chi connectivity index (χ1) is 8.24. The van der Waals surface area contributed by atoms with Gasteiger partial charge in [-0.1, -0.05) is 6.07 Å². The molecule has 0 radical (unpaired) electrons. The standard InChI is InChI=1S/C11H15ClN4O/c12-16-7-5-15(6-8-16)9-11(17)14-10-3-1-2-4-13-10/h1-4H,5-9H2,(H,13,14,17). The molecule has 0 aliphatic carbocycles. The van der Waals surface area contributed by atoms with Crippen molar-refractivity contribution in [1.82, 2.24) is 14.3 Å². The van der Waals surface area contributed by atoms with Crippen LogP contribution < -0.4 is 5.32 Å². The number of rotatable bonds is 3. The molecule has 1 aromatic rings. The van der Waals surface area contributed by atoms with Gasteiger partial charge in [0, 0.05) is 32.4 Å². The van der Waals surface area contributed by atoms with Crippen LogP contribution >= 0.6 is 11.8 Å². The van der Waals surface area contributed by atoms with Gasteiger partial charge in [-0.05, 0) is 23.9 Å². The van der Waals surface area contributed by atoms with Crippen molar-refractivity contribution < 1.29 is 4.79 Å². The van der Waals surface area contributed by atoms with Gasteiger partial charge in [0.1, 0.15) is 5.82 Å². The smallest absolute Gasteiger partial charge is 0.239 e. The Morgan fingerprint density at radius 1 is 1.35 bits per heavy atom. The maximum absolute atomic E-state index is 11.7. The summed E-state index contributed by atoms with van der Waals surface area (Å²) >= 11 is 5.84. The summed E-state index contributed by atoms with van der Waals surface area (Å²) in [5.41, 5.74) is 0. The van der Waals surface area contributed by atoms with Crippen LogP contribution in [0, 0.1) is 0 Å². The SMILES string of the molecule is O=C(CN1CCN(Cl)CC1)Nc1ccccn1. The second-order valence-corrected chi connectivity index (χ2v) is 4.43. The highest BCUT2D eigenvalue weighted by atomic mass is 35.5. The first-order valence-electron chi connectivity index (χ1n) is 5.58. The van der Waals surface area contributed by atoms with E-state index in [9.17, 15) is 4.79 Å². The lowest BCUT2D eigenvalue weighted by Crippen LogP contribution is -2.45. The van der Waals surface area contributed by atoms with Crippen LogP contribution in [-0.2, 0) is 4.79 Å². The van der Waals surface area contributed by atoms with E-state index in [0.29, 0.717) is 12.4 Å². The van der Waals surface area contributed by atoms with E-state index in [-0.39, 0.29) is 5.91 Å². The van der Waals surface area contributed by atoms with Gasteiger partial charge >= 0.3 is 0 Å². The molecule has 1 fully saturated rings. The Morgan fingerprint density at radius 3 is 2.76 bits per heavy atom. The van der Waals surface area contributed by atoms with Gasteiger partial charge in [-0.3, -0.25) is 9.69 Å². The third kappa shape index (κ3) is 3.96. The van der Waals surface area contributed by atoms with Gasteiger partial charge in [0.2, 0.25) is 5.91 Å². The monoisotopic (exact) mass is 254 g/mol. The van der Waals surface area contributed by atoms with Gasteiger partial charge in [0.25, 0.3) is 0 Å². The summed E-state index contributed by atoms with van der Waals surface area (Å²) in [6, 6.07) is 5.43. The van der Waals surface area contributed by atoms with Crippen LogP contribution in [0.5, 0.6) is 0 Å². The quantitative estimate of drug-likeness (QED) is 0.811. The third-order valence-corrected chi connectivity index (χ3v) is 2.96. The number of pyridine rings is 1. The Kier molecular flexibility index (Phi) is 4.30. The topological polar surface area (TPSA) is 48.5 Å². The number of halogens is 1. The molecule has 1 saturated heterocycles. The highest BCUT2D eigenvalue weighted by Crippen LogP contribution is 2.04. The number of carbonyl (C=O) groups excluding carboxylic acids is 1. The van der Waals surface area contributed by atoms with Crippen molar-refractivity contribution >= 4 is 23.5 Å². The number of nitrogens with zero attached hydrogens (tertiary/aromatic N) is 3. The van der Waals surface area contributed by atoms with Crippen LogP contribution in [-0.4, -0.2) is 52.9 Å². The van der Waals surface area contributed by atoms with Gasteiger partial charge in [-0.25, -0.2) is 9.40 Å². The molecule has 2 rings (SSSR count). The van der Waals surface area contributed by atoms with Crippen molar-refractivity contribution in [2.75, 3.05) is 38.0 Å². The molecule has 92 valence electrons. The molecule has 1 aliphatic rings. The molecule has 0 aromatic carbocycles. The molecule has 1 N–H and O–H groups in total. The van der Waals surface area contributed by atoms with E-state index in [1.165, 1.54) is 0 Å². The van der Waals surface area contributed by atoms with E-state index in [1.807, 2.05) is 12.1 Å². The van der Waals surface area contributed by atoms with E-state index in [4.69, 9.17) is 11.8 Å². The predicted molar refractivity (Wildman–Crippen MR) is 66.7 cm³/mol. The average molecular weight is 255 g/mol. The Hall–Kier alpha value is -1.17. The van der Waals surface area contributed by atoms with E-state index >= 15 is 0 Å². The summed E-state index contributed by atoms with van der Waals surface area (Å²) in [6.45, 7) is 3.61. The van der Waals surface area contributed by atoms with Crippen LogP contribution in [0.4, 0.5) is 5.82 Å². The molecular formula is C11H15ClN4O. The Balaban J connectivity index is 1.78. The summed E-state index contributed by atoms with van der Waals surface area (Å²) < 4.78 is 1.74. The highest BCUT2D eigenvalue weighted by molar-refractivity contribution is 6.13. The number of nitrogens with one attached hydrogen (secondary N) is 1. The van der Waals surface area contributed by atoms with Crippen molar-refractivity contribution in [3.8, 4) is 0 Å². The first kappa shape index (κ1) is 12.3. The first-order valence-corrected chi connectivity index (χ1v) is 5.92. The lowest BCUT2D eigenvalue weighted by Gasteiger charge is -2.29. The minimum absolute atomic E-state index is 0.0354. The predicted octanol–water partition coefficient (Wildman–Crippen LogP) is 0.791. The number of amides is 1. The number of aromatic nitrogens is 1. The highest BCUT2D eigenvalue weighted by Gasteiger charge is 2.17. The van der Waals surface area contributed by atoms with Gasteiger partial charge in [0.15, 0.2) is 0 Å². The van der Waals surface area contributed by atoms with E-state index in [0.717, 1.165) is 26.2 Å². The maximum atomic E-state index is 11.7. The van der Waals surface area contributed by atoms with Crippen molar-refractivity contribution in [1.29, 1.82) is 0 Å². The van der Waals surface area contributed by atoms with Gasteiger partial charge in [-0.15, -0.1) is 0 Å². The summed E-state index contributed by atoms with van der Waals surface area (Å²) in [6.07, 6.45) is 1.65. The largest absolute Gasteiger partial charge is 0.310 e. The zero-order valence-corrected chi connectivity index (χ0v) is 10.2. The van der Waals surface area contributed by atoms with Crippen LogP contribution in [0.2, 0.25) is 0 Å². The fourth-order valence-corrected chi connectivity index (χ4v) is 1.85. The van der Waals surface area contributed by atoms with Crippen LogP contribution in [0.25, 0.3) is 0 Å². The lowest BCUT2D eigenvalue weighted by atomic mass is 10.3. The van der Waals surface area contributed by atoms with E-state index in [2.05, 4.69) is 15.2 Å². The van der Waals surface area contributed by atoms with Crippen LogP contribution in [0.3, 0.4) is 0 Å². The molecule has 0 bridgehead atoms. The molecule has 17 heavy (non-hydrogen) atoms. The zero-order valence-electron chi connectivity index (χ0n) is 9.47. The van der Waals surface area contributed by atoms with Crippen LogP contribution in [0.1, 0.15) is 0 Å². The maximum Gasteiger partial charge on any atom is 0.239 e. The van der Waals surface area contributed by atoms with Crippen molar-refractivity contribution in [3.63, 3.8) is 0 Å². The summed E-state index contributed by atoms with van der Waals surface area (Å²) in [5.74, 6) is 0.556. The molecule has 1 aliphatic heterocycles. The fraction of sp³-hybridized carbons (Fsp3) is 0.455. The molecule has 0 saturated carbocycles. The number of anilines is 1. The molecule has 0 atom stereocenters. The minimum atomic E-state index is -0.0354. The molecule has 0 unspecified atom stereocenters. The Bertz CT molecular complexity index is 365. The number of hydrogen-bond donors (Lipinski definition) is 1. The van der Waals surface area contributed by atoms with Gasteiger partial charge in [-0.2, -0.15) is 0 Å². The minimum Gasteiger partial charge on any atom is -0.310 e. The molecular weight excluding hydrogens is 240 g/mol. The molecule has 1 aromatic heterocycles. The summed E-state index contributed by atoms with van der Waals surface area (Å²) in [4.78, 5) is 17.8. The molecule has 5 nitrogen and oxygen atoms in total. The molecule has 6 heteroatoms. The van der Waals surface area contributed by atoms with Crippen LogP contribution in [0.15, 0.2) is 24.4 Å². The normalized spacial score (nSPS) is 17.9. The Labute approximate surface area is 105 Å². The van der Waals surface area contributed by atoms with Crippen molar-refractivity contribution in [2.24, 2.45) is 0 Å². The number of hydrogen-bond acceptors (Lipinski definition) is 4. The lowest BCUT2D eigenvalue weighted by molar-refractivity contribution is -0.117. The van der Waals surface area contributed by atoms with E-state index < -0.39 is 0 Å². The van der Waals surface area contributed by atoms with Crippen molar-refractivity contribution in [3.05, 3.63) is 24.4 Å². The zero-order chi connectivity index (χ0) is 12.1. The van der Waals surface area contributed by atoms with E-state index in [1.54, 1.807) is 16.7 Å². The second-order valence-electron chi connectivity index (χ2n) is 3.95. The fourth-order valence-electron chi connectivity index (χ4n) is 1.70. The molecule has 2 heterocycles. The summed E-state index contributed by atoms with van der Waals surface area (Å²) in [5, 5.41) is 2.76. The number of carbonyl (C=O) groups is 1. The molecule has 1 amide bonds. The third-order valence-electron chi connectivity index (χ3n) is 2.62. The number of piperazine rings is 1. The Morgan fingerprint density at radius 2 is 2.12 bits per heavy atom. The molecule has 0 spiro atoms. The second kappa shape index (κ2) is 5.95.